The zero-order valence-electron chi connectivity index (χ0n) is 23.4. The van der Waals surface area contributed by atoms with Gasteiger partial charge in [0.15, 0.2) is 0 Å². The van der Waals surface area contributed by atoms with E-state index >= 15 is 0 Å². The van der Waals surface area contributed by atoms with Crippen molar-refractivity contribution in [3.05, 3.63) is 59.8 Å². The van der Waals surface area contributed by atoms with Gasteiger partial charge in [-0.3, -0.25) is 14.5 Å². The lowest BCUT2D eigenvalue weighted by Gasteiger charge is -2.56. The molecule has 4 bridgehead atoms. The summed E-state index contributed by atoms with van der Waals surface area (Å²) in [7, 11) is 0. The second-order valence-corrected chi connectivity index (χ2v) is 12.7. The largest absolute Gasteiger partial charge is 0.467 e. The first-order valence-electron chi connectivity index (χ1n) is 15.1. The first-order valence-corrected chi connectivity index (χ1v) is 15.1. The number of carbonyl (C=O) groups excluding carboxylic acids is 2. The predicted octanol–water partition coefficient (Wildman–Crippen LogP) is 4.71. The van der Waals surface area contributed by atoms with Gasteiger partial charge in [-0.2, -0.15) is 0 Å². The zero-order valence-corrected chi connectivity index (χ0v) is 23.4. The molecule has 40 heavy (non-hydrogen) atoms. The third-order valence-electron chi connectivity index (χ3n) is 9.68. The van der Waals surface area contributed by atoms with Gasteiger partial charge in [-0.05, 0) is 92.5 Å². The number of hydrogen-bond donors (Lipinski definition) is 0. The molecule has 0 spiro atoms. The maximum Gasteiger partial charge on any atom is 0.242 e. The van der Waals surface area contributed by atoms with E-state index in [4.69, 9.17) is 9.15 Å². The lowest BCUT2D eigenvalue weighted by Crippen LogP contribution is -2.56. The molecular formula is C32H42FN3O4. The summed E-state index contributed by atoms with van der Waals surface area (Å²) in [4.78, 5) is 34.3. The molecule has 0 radical (unpaired) electrons. The number of benzene rings is 1. The van der Waals surface area contributed by atoms with E-state index in [-0.39, 0.29) is 29.6 Å². The van der Waals surface area contributed by atoms with Crippen molar-refractivity contribution in [1.29, 1.82) is 0 Å². The van der Waals surface area contributed by atoms with Crippen molar-refractivity contribution in [2.45, 2.75) is 58.0 Å². The van der Waals surface area contributed by atoms with Crippen LogP contribution in [0.3, 0.4) is 0 Å². The summed E-state index contributed by atoms with van der Waals surface area (Å²) in [5, 5.41) is 0. The molecule has 7 nitrogen and oxygen atoms in total. The van der Waals surface area contributed by atoms with Crippen LogP contribution in [0.25, 0.3) is 0 Å². The Hall–Kier alpha value is -2.71. The van der Waals surface area contributed by atoms with E-state index in [0.29, 0.717) is 43.1 Å². The molecule has 5 fully saturated rings. The average molecular weight is 552 g/mol. The van der Waals surface area contributed by atoms with Crippen LogP contribution in [0.1, 0.15) is 56.3 Å². The highest BCUT2D eigenvalue weighted by atomic mass is 19.1. The van der Waals surface area contributed by atoms with Crippen LogP contribution in [0.4, 0.5) is 4.39 Å². The summed E-state index contributed by atoms with van der Waals surface area (Å²) >= 11 is 0. The summed E-state index contributed by atoms with van der Waals surface area (Å²) in [6.45, 7) is 5.49. The molecule has 1 saturated heterocycles. The number of furan rings is 1. The van der Waals surface area contributed by atoms with Crippen molar-refractivity contribution in [2.24, 2.45) is 23.2 Å². The third-order valence-corrected chi connectivity index (χ3v) is 9.68. The average Bonchev–Trinajstić information content (AvgIpc) is 3.46. The maximum atomic E-state index is 14.4. The summed E-state index contributed by atoms with van der Waals surface area (Å²) in [6.07, 6.45) is 9.21. The van der Waals surface area contributed by atoms with Crippen LogP contribution in [0.15, 0.2) is 47.1 Å². The highest BCUT2D eigenvalue weighted by molar-refractivity contribution is 5.88. The first kappa shape index (κ1) is 27.5. The zero-order chi connectivity index (χ0) is 27.5. The van der Waals surface area contributed by atoms with Gasteiger partial charge in [0.25, 0.3) is 0 Å². The quantitative estimate of drug-likeness (QED) is 0.405. The van der Waals surface area contributed by atoms with Gasteiger partial charge < -0.3 is 19.0 Å². The minimum absolute atomic E-state index is 0.0611. The Morgan fingerprint density at radius 1 is 0.925 bits per heavy atom. The van der Waals surface area contributed by atoms with Crippen molar-refractivity contribution in [3.63, 3.8) is 0 Å². The topological polar surface area (TPSA) is 66.2 Å². The van der Waals surface area contributed by atoms with Crippen molar-refractivity contribution >= 4 is 11.8 Å². The van der Waals surface area contributed by atoms with E-state index < -0.39 is 0 Å². The van der Waals surface area contributed by atoms with Gasteiger partial charge in [0.05, 0.1) is 38.0 Å². The number of nitrogens with zero attached hydrogens (tertiary/aromatic N) is 3. The molecule has 1 aliphatic heterocycles. The summed E-state index contributed by atoms with van der Waals surface area (Å²) < 4.78 is 24.6. The lowest BCUT2D eigenvalue weighted by molar-refractivity contribution is -0.160. The molecule has 2 aromatic rings. The number of carbonyl (C=O) groups is 2. The molecule has 5 aliphatic rings. The molecule has 2 heterocycles. The Morgan fingerprint density at radius 2 is 1.60 bits per heavy atom. The van der Waals surface area contributed by atoms with Crippen molar-refractivity contribution in [3.8, 4) is 0 Å². The lowest BCUT2D eigenvalue weighted by atomic mass is 9.49. The molecule has 1 aromatic carbocycles. The molecule has 4 aliphatic carbocycles. The van der Waals surface area contributed by atoms with E-state index in [0.717, 1.165) is 64.1 Å². The summed E-state index contributed by atoms with van der Waals surface area (Å²) in [5.41, 5.74) is 0.546. The van der Waals surface area contributed by atoms with Crippen LogP contribution < -0.4 is 0 Å². The van der Waals surface area contributed by atoms with Gasteiger partial charge in [-0.1, -0.05) is 12.1 Å². The second kappa shape index (κ2) is 12.0. The fourth-order valence-corrected chi connectivity index (χ4v) is 8.17. The normalized spacial score (nSPS) is 27.6. The Labute approximate surface area is 236 Å². The Kier molecular flexibility index (Phi) is 8.26. The third kappa shape index (κ3) is 6.28. The van der Waals surface area contributed by atoms with Crippen LogP contribution >= 0.6 is 0 Å². The SMILES string of the molecule is O=C(CN(CCCN1CCOCC1)C(=O)C12CC3CC(CC(C3)C1)C2)N(Cc1ccc(F)cc1)Cc1ccco1. The molecule has 1 aromatic heterocycles. The minimum atomic E-state index is -0.305. The number of halogens is 1. The van der Waals surface area contributed by atoms with Crippen LogP contribution in [0.5, 0.6) is 0 Å². The molecule has 8 heteroatoms. The summed E-state index contributed by atoms with van der Waals surface area (Å²) in [6, 6.07) is 9.91. The van der Waals surface area contributed by atoms with E-state index in [1.165, 1.54) is 31.4 Å². The number of amides is 2. The number of rotatable bonds is 11. The van der Waals surface area contributed by atoms with Gasteiger partial charge >= 0.3 is 0 Å². The Bertz CT molecular complexity index is 1110. The van der Waals surface area contributed by atoms with Gasteiger partial charge in [-0.25, -0.2) is 4.39 Å². The number of ether oxygens (including phenoxy) is 1. The van der Waals surface area contributed by atoms with Crippen LogP contribution in [-0.4, -0.2) is 72.5 Å². The van der Waals surface area contributed by atoms with Crippen molar-refractivity contribution < 1.29 is 23.1 Å². The van der Waals surface area contributed by atoms with Crippen LogP contribution in [0, 0.1) is 29.0 Å². The highest BCUT2D eigenvalue weighted by Gasteiger charge is 2.55. The maximum absolute atomic E-state index is 14.4. The molecule has 2 amide bonds. The molecule has 7 rings (SSSR count). The van der Waals surface area contributed by atoms with E-state index in [2.05, 4.69) is 4.90 Å². The standard InChI is InChI=1S/C32H42FN3O4/c33-28-6-4-24(5-7-28)21-36(22-29-3-1-12-40-29)30(37)23-35(9-2-8-34-10-13-39-14-11-34)31(38)32-18-25-15-26(19-32)17-27(16-25)20-32/h1,3-7,12,25-27H,2,8-11,13-23H2. The van der Waals surface area contributed by atoms with Crippen LogP contribution in [-0.2, 0) is 27.4 Å². The molecule has 216 valence electrons. The minimum Gasteiger partial charge on any atom is -0.467 e. The number of hydrogen-bond acceptors (Lipinski definition) is 5. The number of morpholine rings is 1. The molecule has 4 saturated carbocycles. The van der Waals surface area contributed by atoms with Crippen molar-refractivity contribution in [1.82, 2.24) is 14.7 Å². The fourth-order valence-electron chi connectivity index (χ4n) is 8.17. The molecule has 0 N–H and O–H groups in total. The van der Waals surface area contributed by atoms with Gasteiger partial charge in [0.2, 0.25) is 11.8 Å². The van der Waals surface area contributed by atoms with Crippen molar-refractivity contribution in [2.75, 3.05) is 45.9 Å². The summed E-state index contributed by atoms with van der Waals surface area (Å²) in [5.74, 6) is 2.45. The van der Waals surface area contributed by atoms with E-state index in [1.54, 1.807) is 23.3 Å². The Balaban J connectivity index is 1.19. The van der Waals surface area contributed by atoms with Gasteiger partial charge in [0, 0.05) is 32.7 Å². The van der Waals surface area contributed by atoms with E-state index in [9.17, 15) is 14.0 Å². The molecule has 0 atom stereocenters. The van der Waals surface area contributed by atoms with Gasteiger partial charge in [-0.15, -0.1) is 0 Å². The predicted molar refractivity (Wildman–Crippen MR) is 148 cm³/mol. The van der Waals surface area contributed by atoms with Gasteiger partial charge in [0.1, 0.15) is 11.6 Å². The monoisotopic (exact) mass is 551 g/mol. The van der Waals surface area contributed by atoms with E-state index in [1.807, 2.05) is 17.0 Å². The molecular weight excluding hydrogens is 509 g/mol. The van der Waals surface area contributed by atoms with Crippen LogP contribution in [0.2, 0.25) is 0 Å². The highest BCUT2D eigenvalue weighted by Crippen LogP contribution is 2.60. The smallest absolute Gasteiger partial charge is 0.242 e. The fraction of sp³-hybridized carbons (Fsp3) is 0.625. The second-order valence-electron chi connectivity index (χ2n) is 12.7. The molecule has 0 unspecified atom stereocenters. The first-order chi connectivity index (χ1) is 19.5. The Morgan fingerprint density at radius 3 is 2.23 bits per heavy atom.